The first-order valence-corrected chi connectivity index (χ1v) is 11.9. The van der Waals surface area contributed by atoms with E-state index in [0.717, 1.165) is 12.0 Å². The van der Waals surface area contributed by atoms with Crippen molar-refractivity contribution in [3.8, 4) is 17.2 Å². The Morgan fingerprint density at radius 2 is 1.66 bits per heavy atom. The predicted octanol–water partition coefficient (Wildman–Crippen LogP) is 2.77. The first-order chi connectivity index (χ1) is 15.2. The molecule has 0 saturated carbocycles. The van der Waals surface area contributed by atoms with Crippen LogP contribution in [-0.4, -0.2) is 48.2 Å². The van der Waals surface area contributed by atoms with E-state index in [1.165, 1.54) is 24.3 Å². The molecule has 2 rings (SSSR count). The summed E-state index contributed by atoms with van der Waals surface area (Å²) >= 11 is 0. The number of hydrogen-bond acceptors (Lipinski definition) is 6. The molecule has 1 amide bonds. The van der Waals surface area contributed by atoms with Gasteiger partial charge in [0.1, 0.15) is 5.75 Å². The fourth-order valence-corrected chi connectivity index (χ4v) is 3.90. The number of sulfonamides is 1. The second kappa shape index (κ2) is 12.3. The zero-order valence-electron chi connectivity index (χ0n) is 19.0. The molecule has 0 heterocycles. The molecular weight excluding hydrogens is 432 g/mol. The minimum absolute atomic E-state index is 0.117. The van der Waals surface area contributed by atoms with Crippen molar-refractivity contribution in [1.82, 2.24) is 10.0 Å². The van der Waals surface area contributed by atoms with Crippen LogP contribution in [0.4, 0.5) is 0 Å². The van der Waals surface area contributed by atoms with Gasteiger partial charge >= 0.3 is 0 Å². The molecule has 0 aromatic heterocycles. The Morgan fingerprint density at radius 1 is 0.969 bits per heavy atom. The first kappa shape index (κ1) is 25.5. The minimum atomic E-state index is -3.67. The smallest absolute Gasteiger partial charge is 0.257 e. The third-order valence-corrected chi connectivity index (χ3v) is 6.18. The van der Waals surface area contributed by atoms with Crippen LogP contribution in [0.2, 0.25) is 0 Å². The molecule has 32 heavy (non-hydrogen) atoms. The van der Waals surface area contributed by atoms with E-state index >= 15 is 0 Å². The van der Waals surface area contributed by atoms with E-state index in [1.54, 1.807) is 20.3 Å². The Hall–Kier alpha value is -2.78. The molecule has 2 aromatic rings. The number of rotatable bonds is 13. The van der Waals surface area contributed by atoms with Gasteiger partial charge in [-0.1, -0.05) is 19.9 Å². The lowest BCUT2D eigenvalue weighted by Gasteiger charge is -2.11. The lowest BCUT2D eigenvalue weighted by molar-refractivity contribution is -0.123. The van der Waals surface area contributed by atoms with Crippen LogP contribution >= 0.6 is 0 Å². The van der Waals surface area contributed by atoms with Crippen LogP contribution in [0.5, 0.6) is 17.2 Å². The second-order valence-corrected chi connectivity index (χ2v) is 9.40. The van der Waals surface area contributed by atoms with E-state index < -0.39 is 10.0 Å². The van der Waals surface area contributed by atoms with Gasteiger partial charge in [0.25, 0.3) is 5.91 Å². The average Bonchev–Trinajstić information content (AvgIpc) is 2.77. The summed E-state index contributed by atoms with van der Waals surface area (Å²) in [6, 6.07) is 11.4. The van der Waals surface area contributed by atoms with Crippen molar-refractivity contribution >= 4 is 15.9 Å². The Morgan fingerprint density at radius 3 is 2.28 bits per heavy atom. The van der Waals surface area contributed by atoms with Crippen molar-refractivity contribution in [3.05, 3.63) is 48.0 Å². The van der Waals surface area contributed by atoms with E-state index in [0.29, 0.717) is 36.1 Å². The Kier molecular flexibility index (Phi) is 9.80. The number of benzene rings is 2. The summed E-state index contributed by atoms with van der Waals surface area (Å²) in [4.78, 5) is 11.9. The van der Waals surface area contributed by atoms with Crippen molar-refractivity contribution in [1.29, 1.82) is 0 Å². The molecule has 0 unspecified atom stereocenters. The lowest BCUT2D eigenvalue weighted by Crippen LogP contribution is -2.30. The number of hydrogen-bond donors (Lipinski definition) is 2. The highest BCUT2D eigenvalue weighted by atomic mass is 32.2. The fourth-order valence-electron chi connectivity index (χ4n) is 2.86. The number of methoxy groups -OCH3 is 2. The van der Waals surface area contributed by atoms with Gasteiger partial charge < -0.3 is 19.5 Å². The number of ether oxygens (including phenoxy) is 3. The molecule has 0 atom stereocenters. The summed E-state index contributed by atoms with van der Waals surface area (Å²) < 4.78 is 43.6. The van der Waals surface area contributed by atoms with Gasteiger partial charge in [0.05, 0.1) is 19.1 Å². The van der Waals surface area contributed by atoms with Crippen LogP contribution < -0.4 is 24.2 Å². The second-order valence-electron chi connectivity index (χ2n) is 7.63. The molecule has 9 heteroatoms. The highest BCUT2D eigenvalue weighted by Crippen LogP contribution is 2.27. The van der Waals surface area contributed by atoms with Crippen molar-refractivity contribution < 1.29 is 27.4 Å². The summed E-state index contributed by atoms with van der Waals surface area (Å²) in [5, 5.41) is 2.79. The number of carbonyl (C=O) groups excluding carboxylic acids is 1. The molecule has 2 N–H and O–H groups in total. The predicted molar refractivity (Wildman–Crippen MR) is 123 cm³/mol. The summed E-state index contributed by atoms with van der Waals surface area (Å²) in [5.41, 5.74) is 0.917. The van der Waals surface area contributed by atoms with E-state index in [4.69, 9.17) is 14.2 Å². The largest absolute Gasteiger partial charge is 0.493 e. The maximum atomic E-state index is 12.5. The maximum absolute atomic E-state index is 12.5. The Labute approximate surface area is 190 Å². The van der Waals surface area contributed by atoms with Crippen LogP contribution in [0, 0.1) is 5.92 Å². The summed E-state index contributed by atoms with van der Waals surface area (Å²) in [6.45, 7) is 4.89. The first-order valence-electron chi connectivity index (χ1n) is 10.4. The quantitative estimate of drug-likeness (QED) is 0.473. The SMILES string of the molecule is COc1ccc(CCNS(=O)(=O)c2ccc(OCC(=O)NCCC(C)C)cc2)cc1OC. The Balaban J connectivity index is 1.84. The number of nitrogens with one attached hydrogen (secondary N) is 2. The molecule has 0 radical (unpaired) electrons. The number of carbonyl (C=O) groups is 1. The van der Waals surface area contributed by atoms with Crippen LogP contribution in [0.15, 0.2) is 47.4 Å². The fraction of sp³-hybridized carbons (Fsp3) is 0.435. The van der Waals surface area contributed by atoms with Crippen LogP contribution in [0.25, 0.3) is 0 Å². The summed E-state index contributed by atoms with van der Waals surface area (Å²) in [6.07, 6.45) is 1.39. The van der Waals surface area contributed by atoms with Gasteiger partial charge in [0, 0.05) is 13.1 Å². The van der Waals surface area contributed by atoms with E-state index in [9.17, 15) is 13.2 Å². The summed E-state index contributed by atoms with van der Waals surface area (Å²) in [7, 11) is -0.555. The average molecular weight is 465 g/mol. The summed E-state index contributed by atoms with van der Waals surface area (Å²) in [5.74, 6) is 1.94. The molecule has 176 valence electrons. The van der Waals surface area contributed by atoms with Gasteiger partial charge in [0.2, 0.25) is 10.0 Å². The van der Waals surface area contributed by atoms with Crippen LogP contribution in [0.1, 0.15) is 25.8 Å². The normalized spacial score (nSPS) is 11.3. The molecule has 0 aliphatic rings. The Bertz CT molecular complexity index is 974. The van der Waals surface area contributed by atoms with E-state index in [1.807, 2.05) is 12.1 Å². The molecule has 0 saturated heterocycles. The highest BCUT2D eigenvalue weighted by Gasteiger charge is 2.14. The highest BCUT2D eigenvalue weighted by molar-refractivity contribution is 7.89. The molecule has 0 aliphatic heterocycles. The monoisotopic (exact) mass is 464 g/mol. The third-order valence-electron chi connectivity index (χ3n) is 4.70. The zero-order chi connectivity index (χ0) is 23.6. The van der Waals surface area contributed by atoms with Gasteiger partial charge in [-0.3, -0.25) is 4.79 Å². The third kappa shape index (κ3) is 8.05. The van der Waals surface area contributed by atoms with E-state index in [-0.39, 0.29) is 24.0 Å². The van der Waals surface area contributed by atoms with Crippen LogP contribution in [-0.2, 0) is 21.2 Å². The van der Waals surface area contributed by atoms with Gasteiger partial charge in [-0.05, 0) is 60.7 Å². The van der Waals surface area contributed by atoms with E-state index in [2.05, 4.69) is 23.9 Å². The molecular formula is C23H32N2O6S. The molecule has 0 spiro atoms. The number of amides is 1. The molecule has 0 bridgehead atoms. The minimum Gasteiger partial charge on any atom is -0.493 e. The molecule has 0 fully saturated rings. The van der Waals surface area contributed by atoms with Gasteiger partial charge in [0.15, 0.2) is 18.1 Å². The van der Waals surface area contributed by atoms with Gasteiger partial charge in [-0.2, -0.15) is 0 Å². The molecule has 2 aromatic carbocycles. The van der Waals surface area contributed by atoms with Crippen molar-refractivity contribution in [3.63, 3.8) is 0 Å². The molecule has 0 aliphatic carbocycles. The van der Waals surface area contributed by atoms with Gasteiger partial charge in [-0.25, -0.2) is 13.1 Å². The van der Waals surface area contributed by atoms with Crippen molar-refractivity contribution in [2.24, 2.45) is 5.92 Å². The lowest BCUT2D eigenvalue weighted by atomic mass is 10.1. The molecule has 8 nitrogen and oxygen atoms in total. The zero-order valence-corrected chi connectivity index (χ0v) is 19.8. The van der Waals surface area contributed by atoms with Crippen molar-refractivity contribution in [2.75, 3.05) is 33.9 Å². The van der Waals surface area contributed by atoms with Crippen LogP contribution in [0.3, 0.4) is 0 Å². The standard InChI is InChI=1S/C23H32N2O6S/c1-17(2)11-13-24-23(26)16-31-19-6-8-20(9-7-19)32(27,28)25-14-12-18-5-10-21(29-3)22(15-18)30-4/h5-10,15,17,25H,11-14,16H2,1-4H3,(H,24,26). The van der Waals surface area contributed by atoms with Crippen molar-refractivity contribution in [2.45, 2.75) is 31.6 Å². The van der Waals surface area contributed by atoms with Gasteiger partial charge in [-0.15, -0.1) is 0 Å². The maximum Gasteiger partial charge on any atom is 0.257 e. The topological polar surface area (TPSA) is 103 Å².